The molecule has 2 unspecified atom stereocenters. The van der Waals surface area contributed by atoms with Crippen molar-refractivity contribution < 1.29 is 29.4 Å². The number of carboxylic acid groups (broad SMARTS) is 2. The van der Waals surface area contributed by atoms with Gasteiger partial charge in [0.15, 0.2) is 5.12 Å². The van der Waals surface area contributed by atoms with Gasteiger partial charge >= 0.3 is 11.9 Å². The molecule has 1 fully saturated rings. The van der Waals surface area contributed by atoms with E-state index in [1.54, 1.807) is 6.92 Å². The van der Waals surface area contributed by atoms with E-state index >= 15 is 0 Å². The van der Waals surface area contributed by atoms with Crippen LogP contribution in [0.2, 0.25) is 0 Å². The monoisotopic (exact) mass is 364 g/mol. The zero-order chi connectivity index (χ0) is 17.8. The molecule has 1 heterocycles. The zero-order valence-electron chi connectivity index (χ0n) is 13.2. The van der Waals surface area contributed by atoms with Gasteiger partial charge in [0.2, 0.25) is 0 Å². The first-order valence-corrected chi connectivity index (χ1v) is 9.11. The van der Waals surface area contributed by atoms with Crippen LogP contribution in [0.25, 0.3) is 0 Å². The smallest absolute Gasteiger partial charge is 0.306 e. The van der Waals surface area contributed by atoms with Crippen LogP contribution in [0.1, 0.15) is 45.4 Å². The van der Waals surface area contributed by atoms with Crippen molar-refractivity contribution in [3.05, 3.63) is 0 Å². The maximum absolute atomic E-state index is 11.0. The molecule has 0 aromatic rings. The van der Waals surface area contributed by atoms with E-state index in [-0.39, 0.29) is 29.7 Å². The first-order valence-electron chi connectivity index (χ1n) is 7.49. The van der Waals surface area contributed by atoms with Crippen LogP contribution < -0.4 is 0 Å². The average Bonchev–Trinajstić information content (AvgIpc) is 2.86. The molecule has 1 aliphatic rings. The van der Waals surface area contributed by atoms with E-state index in [0.29, 0.717) is 18.6 Å². The van der Waals surface area contributed by atoms with Crippen LogP contribution in [-0.4, -0.2) is 44.6 Å². The molecule has 1 saturated heterocycles. The summed E-state index contributed by atoms with van der Waals surface area (Å²) < 4.78 is 0. The normalized spacial score (nSPS) is 18.0. The SMILES string of the molecule is CC(=O)CCC1CCSC1=O.O=C(O)CCC(CCS)C(=O)O. The van der Waals surface area contributed by atoms with Crippen LogP contribution in [-0.2, 0) is 19.2 Å². The van der Waals surface area contributed by atoms with Gasteiger partial charge in [0.1, 0.15) is 5.78 Å². The Morgan fingerprint density at radius 3 is 2.30 bits per heavy atom. The van der Waals surface area contributed by atoms with Crippen LogP contribution in [0.15, 0.2) is 0 Å². The summed E-state index contributed by atoms with van der Waals surface area (Å²) in [6, 6.07) is 0. The summed E-state index contributed by atoms with van der Waals surface area (Å²) in [7, 11) is 0. The topological polar surface area (TPSA) is 109 Å². The second-order valence-corrected chi connectivity index (χ2v) is 6.92. The molecule has 0 aromatic heterocycles. The summed E-state index contributed by atoms with van der Waals surface area (Å²) in [4.78, 5) is 42.2. The van der Waals surface area contributed by atoms with Crippen LogP contribution in [0, 0.1) is 11.8 Å². The van der Waals surface area contributed by atoms with Crippen molar-refractivity contribution in [2.75, 3.05) is 11.5 Å². The maximum Gasteiger partial charge on any atom is 0.306 e. The third-order valence-corrected chi connectivity index (χ3v) is 4.74. The number of thiol groups is 1. The second kappa shape index (κ2) is 12.4. The third kappa shape index (κ3) is 11.2. The lowest BCUT2D eigenvalue weighted by Crippen LogP contribution is -2.15. The fourth-order valence-corrected chi connectivity index (χ4v) is 3.41. The van der Waals surface area contributed by atoms with Crippen LogP contribution in [0.3, 0.4) is 0 Å². The number of hydrogen-bond donors (Lipinski definition) is 3. The van der Waals surface area contributed by atoms with E-state index in [4.69, 9.17) is 10.2 Å². The van der Waals surface area contributed by atoms with E-state index < -0.39 is 17.9 Å². The van der Waals surface area contributed by atoms with Crippen LogP contribution >= 0.6 is 24.4 Å². The quantitative estimate of drug-likeness (QED) is 0.539. The van der Waals surface area contributed by atoms with E-state index in [0.717, 1.165) is 18.6 Å². The maximum atomic E-state index is 11.0. The molecule has 8 heteroatoms. The number of thioether (sulfide) groups is 1. The van der Waals surface area contributed by atoms with Crippen molar-refractivity contribution in [3.63, 3.8) is 0 Å². The van der Waals surface area contributed by atoms with Gasteiger partial charge in [0.25, 0.3) is 0 Å². The molecule has 0 aliphatic carbocycles. The molecule has 2 atom stereocenters. The highest BCUT2D eigenvalue weighted by Crippen LogP contribution is 2.28. The molecular formula is C15H24O6S2. The lowest BCUT2D eigenvalue weighted by atomic mass is 10.0. The number of carbonyl (C=O) groups excluding carboxylic acids is 2. The molecule has 132 valence electrons. The molecule has 0 amide bonds. The van der Waals surface area contributed by atoms with Crippen molar-refractivity contribution in [2.24, 2.45) is 11.8 Å². The molecule has 2 N–H and O–H groups in total. The summed E-state index contributed by atoms with van der Waals surface area (Å²) in [5.74, 6) is -0.694. The van der Waals surface area contributed by atoms with E-state index in [2.05, 4.69) is 12.6 Å². The van der Waals surface area contributed by atoms with Crippen LogP contribution in [0.5, 0.6) is 0 Å². The third-order valence-electron chi connectivity index (χ3n) is 3.42. The van der Waals surface area contributed by atoms with Crippen LogP contribution in [0.4, 0.5) is 0 Å². The fraction of sp³-hybridized carbons (Fsp3) is 0.733. The summed E-state index contributed by atoms with van der Waals surface area (Å²) in [5.41, 5.74) is 0. The Morgan fingerprint density at radius 1 is 1.26 bits per heavy atom. The average molecular weight is 364 g/mol. The molecule has 0 bridgehead atoms. The second-order valence-electron chi connectivity index (χ2n) is 5.37. The Hall–Kier alpha value is -1.02. The summed E-state index contributed by atoms with van der Waals surface area (Å²) in [6.45, 7) is 1.58. The summed E-state index contributed by atoms with van der Waals surface area (Å²) in [6.07, 6.45) is 2.82. The number of aliphatic carboxylic acids is 2. The van der Waals surface area contributed by atoms with Gasteiger partial charge < -0.3 is 15.0 Å². The predicted molar refractivity (Wildman–Crippen MR) is 92.0 cm³/mol. The van der Waals surface area contributed by atoms with E-state index in [9.17, 15) is 19.2 Å². The first kappa shape index (κ1) is 22.0. The van der Waals surface area contributed by atoms with Crippen molar-refractivity contribution >= 4 is 47.2 Å². The van der Waals surface area contributed by atoms with Gasteiger partial charge in [0.05, 0.1) is 5.92 Å². The lowest BCUT2D eigenvalue weighted by molar-refractivity contribution is -0.143. The zero-order valence-corrected chi connectivity index (χ0v) is 14.9. The highest BCUT2D eigenvalue weighted by Gasteiger charge is 2.24. The molecule has 1 aliphatic heterocycles. The Morgan fingerprint density at radius 2 is 1.91 bits per heavy atom. The number of carboxylic acids is 2. The Kier molecular flexibility index (Phi) is 11.9. The van der Waals surface area contributed by atoms with Gasteiger partial charge in [0, 0.05) is 24.5 Å². The first-order chi connectivity index (χ1) is 10.8. The summed E-state index contributed by atoms with van der Waals surface area (Å²) in [5, 5.41) is 17.2. The minimum Gasteiger partial charge on any atom is -0.481 e. The van der Waals surface area contributed by atoms with E-state index in [1.807, 2.05) is 0 Å². The highest BCUT2D eigenvalue weighted by atomic mass is 32.2. The highest BCUT2D eigenvalue weighted by molar-refractivity contribution is 8.14. The largest absolute Gasteiger partial charge is 0.481 e. The number of Topliss-reactive ketones (excluding diaryl/α,β-unsaturated/α-hetero) is 1. The predicted octanol–water partition coefficient (Wildman–Crippen LogP) is 2.51. The lowest BCUT2D eigenvalue weighted by Gasteiger charge is -2.07. The van der Waals surface area contributed by atoms with Crippen molar-refractivity contribution in [1.29, 1.82) is 0 Å². The summed E-state index contributed by atoms with van der Waals surface area (Å²) >= 11 is 5.30. The Balaban J connectivity index is 0.000000422. The molecule has 23 heavy (non-hydrogen) atoms. The number of hydrogen-bond acceptors (Lipinski definition) is 6. The molecule has 1 rings (SSSR count). The number of ketones is 1. The Labute approximate surface area is 145 Å². The van der Waals surface area contributed by atoms with Crippen molar-refractivity contribution in [1.82, 2.24) is 0 Å². The van der Waals surface area contributed by atoms with Gasteiger partial charge in [-0.3, -0.25) is 14.4 Å². The van der Waals surface area contributed by atoms with E-state index in [1.165, 1.54) is 11.8 Å². The molecular weight excluding hydrogens is 340 g/mol. The Bertz CT molecular complexity index is 424. The standard InChI is InChI=1S/C8H12O2S.C7H12O4S/c1-6(9)2-3-7-4-5-11-8(7)10;8-6(9)2-1-5(3-4-12)7(10)11/h7H,2-5H2,1H3;5,12H,1-4H2,(H,8,9)(H,10,11). The van der Waals surface area contributed by atoms with Gasteiger partial charge in [-0.1, -0.05) is 11.8 Å². The van der Waals surface area contributed by atoms with Gasteiger partial charge in [-0.25, -0.2) is 0 Å². The number of carbonyl (C=O) groups is 4. The minimum atomic E-state index is -0.958. The van der Waals surface area contributed by atoms with Gasteiger partial charge in [-0.15, -0.1) is 0 Å². The van der Waals surface area contributed by atoms with Gasteiger partial charge in [-0.2, -0.15) is 12.6 Å². The molecule has 6 nitrogen and oxygen atoms in total. The molecule has 0 spiro atoms. The molecule has 0 radical (unpaired) electrons. The fourth-order valence-electron chi connectivity index (χ4n) is 2.02. The number of rotatable bonds is 9. The van der Waals surface area contributed by atoms with Crippen molar-refractivity contribution in [2.45, 2.75) is 45.4 Å². The molecule has 0 aromatic carbocycles. The van der Waals surface area contributed by atoms with Crippen molar-refractivity contribution in [3.8, 4) is 0 Å². The van der Waals surface area contributed by atoms with Gasteiger partial charge in [-0.05, 0) is 38.4 Å². The minimum absolute atomic E-state index is 0.0925. The molecule has 0 saturated carbocycles.